The first kappa shape index (κ1) is 12.6. The van der Waals surface area contributed by atoms with E-state index in [9.17, 15) is 0 Å². The van der Waals surface area contributed by atoms with E-state index < -0.39 is 0 Å². The average molecular weight is 244 g/mol. The molecule has 0 atom stereocenters. The van der Waals surface area contributed by atoms with Crippen molar-refractivity contribution in [2.75, 3.05) is 26.4 Å². The van der Waals surface area contributed by atoms with Crippen molar-refractivity contribution in [2.24, 2.45) is 7.05 Å². The first-order valence-electron chi connectivity index (χ1n) is 6.09. The number of benzene rings is 1. The van der Waals surface area contributed by atoms with Crippen LogP contribution in [0.3, 0.4) is 0 Å². The Hall–Kier alpha value is -1.81. The minimum atomic E-state index is 0.705. The lowest BCUT2D eigenvalue weighted by Crippen LogP contribution is -2.14. The van der Waals surface area contributed by atoms with Gasteiger partial charge in [0.25, 0.3) is 0 Å². The Morgan fingerprint density at radius 2 is 1.89 bits per heavy atom. The maximum atomic E-state index is 5.96. The molecule has 0 saturated heterocycles. The Bertz CT molecular complexity index is 511. The number of hydrogen-bond donors (Lipinski definition) is 1. The van der Waals surface area contributed by atoms with Crippen LogP contribution in [-0.4, -0.2) is 35.3 Å². The van der Waals surface area contributed by atoms with Crippen molar-refractivity contribution in [2.45, 2.75) is 6.42 Å². The highest BCUT2D eigenvalue weighted by Crippen LogP contribution is 2.25. The maximum Gasteiger partial charge on any atom is 0.129 e. The third-order valence-corrected chi connectivity index (χ3v) is 3.10. The molecular weight excluding hydrogens is 224 g/mol. The van der Waals surface area contributed by atoms with Crippen molar-refractivity contribution in [1.29, 1.82) is 0 Å². The van der Waals surface area contributed by atoms with Crippen LogP contribution in [0.5, 0.6) is 0 Å². The van der Waals surface area contributed by atoms with E-state index in [-0.39, 0.29) is 0 Å². The predicted octanol–water partition coefficient (Wildman–Crippen LogP) is 1.77. The number of nitrogen functional groups attached to an aromatic ring is 1. The molecule has 0 spiro atoms. The van der Waals surface area contributed by atoms with E-state index in [1.165, 1.54) is 5.56 Å². The highest BCUT2D eigenvalue weighted by Gasteiger charge is 2.06. The third-order valence-electron chi connectivity index (χ3n) is 3.10. The van der Waals surface area contributed by atoms with Crippen LogP contribution < -0.4 is 5.73 Å². The number of nitrogens with two attached hydrogens (primary N) is 1. The van der Waals surface area contributed by atoms with Crippen LogP contribution in [0.15, 0.2) is 30.5 Å². The molecule has 0 unspecified atom stereocenters. The summed E-state index contributed by atoms with van der Waals surface area (Å²) in [6.45, 7) is 1.06. The van der Waals surface area contributed by atoms with Gasteiger partial charge in [0, 0.05) is 19.2 Å². The third kappa shape index (κ3) is 2.71. The Morgan fingerprint density at radius 3 is 2.39 bits per heavy atom. The zero-order valence-corrected chi connectivity index (χ0v) is 11.2. The number of hydrogen-bond acceptors (Lipinski definition) is 3. The lowest BCUT2D eigenvalue weighted by molar-refractivity contribution is 0.413. The second-order valence-corrected chi connectivity index (χ2v) is 4.82. The Balaban J connectivity index is 2.15. The summed E-state index contributed by atoms with van der Waals surface area (Å²) in [5.41, 5.74) is 9.42. The summed E-state index contributed by atoms with van der Waals surface area (Å²) in [5.74, 6) is 0.705. The topological polar surface area (TPSA) is 47.1 Å². The molecule has 0 bridgehead atoms. The van der Waals surface area contributed by atoms with Gasteiger partial charge in [-0.2, -0.15) is 5.10 Å². The van der Waals surface area contributed by atoms with Gasteiger partial charge in [0.2, 0.25) is 0 Å². The highest BCUT2D eigenvalue weighted by atomic mass is 15.3. The summed E-state index contributed by atoms with van der Waals surface area (Å²) in [5, 5.41) is 4.16. The molecule has 0 fully saturated rings. The van der Waals surface area contributed by atoms with Gasteiger partial charge in [0.05, 0.1) is 6.20 Å². The zero-order chi connectivity index (χ0) is 13.1. The highest BCUT2D eigenvalue weighted by molar-refractivity contribution is 5.73. The summed E-state index contributed by atoms with van der Waals surface area (Å²) in [6.07, 6.45) is 2.87. The van der Waals surface area contributed by atoms with Crippen molar-refractivity contribution in [1.82, 2.24) is 14.7 Å². The summed E-state index contributed by atoms with van der Waals surface area (Å²) < 4.78 is 1.69. The summed E-state index contributed by atoms with van der Waals surface area (Å²) in [4.78, 5) is 2.19. The van der Waals surface area contributed by atoms with E-state index in [0.717, 1.165) is 24.1 Å². The molecular formula is C14H20N4. The first-order valence-corrected chi connectivity index (χ1v) is 6.09. The maximum absolute atomic E-state index is 5.96. The second kappa shape index (κ2) is 5.23. The van der Waals surface area contributed by atoms with E-state index in [1.807, 2.05) is 13.2 Å². The van der Waals surface area contributed by atoms with Crippen LogP contribution in [0.2, 0.25) is 0 Å². The van der Waals surface area contributed by atoms with Crippen LogP contribution in [0.25, 0.3) is 11.1 Å². The fourth-order valence-electron chi connectivity index (χ4n) is 1.87. The van der Waals surface area contributed by atoms with E-state index in [1.54, 1.807) is 4.68 Å². The van der Waals surface area contributed by atoms with Gasteiger partial charge >= 0.3 is 0 Å². The van der Waals surface area contributed by atoms with Gasteiger partial charge in [0.15, 0.2) is 0 Å². The molecule has 96 valence electrons. The van der Waals surface area contributed by atoms with Gasteiger partial charge in [-0.15, -0.1) is 0 Å². The molecule has 18 heavy (non-hydrogen) atoms. The lowest BCUT2D eigenvalue weighted by atomic mass is 10.0. The van der Waals surface area contributed by atoms with Crippen LogP contribution in [0.4, 0.5) is 5.82 Å². The average Bonchev–Trinajstić information content (AvgIpc) is 2.68. The molecule has 0 radical (unpaired) electrons. The molecule has 1 heterocycles. The van der Waals surface area contributed by atoms with Crippen molar-refractivity contribution in [3.05, 3.63) is 36.0 Å². The number of aryl methyl sites for hydroxylation is 1. The smallest absolute Gasteiger partial charge is 0.129 e. The SMILES string of the molecule is CN(C)CCc1ccc(-c2cnn(C)c2N)cc1. The fraction of sp³-hybridized carbons (Fsp3) is 0.357. The number of anilines is 1. The lowest BCUT2D eigenvalue weighted by Gasteiger charge is -2.09. The number of nitrogens with zero attached hydrogens (tertiary/aromatic N) is 3. The van der Waals surface area contributed by atoms with E-state index in [2.05, 4.69) is 48.4 Å². The monoisotopic (exact) mass is 244 g/mol. The summed E-state index contributed by atoms with van der Waals surface area (Å²) in [6, 6.07) is 8.54. The van der Waals surface area contributed by atoms with Crippen LogP contribution in [0, 0.1) is 0 Å². The summed E-state index contributed by atoms with van der Waals surface area (Å²) in [7, 11) is 6.03. The van der Waals surface area contributed by atoms with Crippen LogP contribution >= 0.6 is 0 Å². The minimum Gasteiger partial charge on any atom is -0.383 e. The van der Waals surface area contributed by atoms with E-state index >= 15 is 0 Å². The fourth-order valence-corrected chi connectivity index (χ4v) is 1.87. The normalized spacial score (nSPS) is 11.1. The van der Waals surface area contributed by atoms with E-state index in [4.69, 9.17) is 5.73 Å². The predicted molar refractivity (Wildman–Crippen MR) is 75.3 cm³/mol. The molecule has 2 rings (SSSR count). The van der Waals surface area contributed by atoms with Crippen LogP contribution in [-0.2, 0) is 13.5 Å². The second-order valence-electron chi connectivity index (χ2n) is 4.82. The Kier molecular flexibility index (Phi) is 3.67. The van der Waals surface area contributed by atoms with Crippen molar-refractivity contribution in [3.63, 3.8) is 0 Å². The molecule has 1 aromatic heterocycles. The molecule has 0 saturated carbocycles. The number of likely N-dealkylation sites (N-methyl/N-ethyl adjacent to an activating group) is 1. The van der Waals surface area contributed by atoms with Gasteiger partial charge in [0.1, 0.15) is 5.82 Å². The van der Waals surface area contributed by atoms with Crippen molar-refractivity contribution < 1.29 is 0 Å². The van der Waals surface area contributed by atoms with Crippen molar-refractivity contribution in [3.8, 4) is 11.1 Å². The molecule has 0 aliphatic heterocycles. The van der Waals surface area contributed by atoms with Gasteiger partial charge < -0.3 is 10.6 Å². The quantitative estimate of drug-likeness (QED) is 0.891. The number of rotatable bonds is 4. The molecule has 2 aromatic rings. The molecule has 2 N–H and O–H groups in total. The minimum absolute atomic E-state index is 0.705. The molecule has 1 aromatic carbocycles. The molecule has 0 amide bonds. The molecule has 4 nitrogen and oxygen atoms in total. The largest absolute Gasteiger partial charge is 0.383 e. The first-order chi connectivity index (χ1) is 8.58. The van der Waals surface area contributed by atoms with E-state index in [0.29, 0.717) is 5.82 Å². The standard InChI is InChI=1S/C14H20N4/c1-17(2)9-8-11-4-6-12(7-5-11)13-10-16-18(3)14(13)15/h4-7,10H,8-9,15H2,1-3H3. The van der Waals surface area contributed by atoms with Crippen LogP contribution in [0.1, 0.15) is 5.56 Å². The molecule has 0 aliphatic carbocycles. The summed E-state index contributed by atoms with van der Waals surface area (Å²) >= 11 is 0. The molecule has 0 aliphatic rings. The molecule has 4 heteroatoms. The van der Waals surface area contributed by atoms with Gasteiger partial charge in [-0.25, -0.2) is 0 Å². The van der Waals surface area contributed by atoms with Crippen molar-refractivity contribution >= 4 is 5.82 Å². The van der Waals surface area contributed by atoms with Gasteiger partial charge in [-0.3, -0.25) is 4.68 Å². The Morgan fingerprint density at radius 1 is 1.22 bits per heavy atom. The van der Waals surface area contributed by atoms with Gasteiger partial charge in [-0.1, -0.05) is 24.3 Å². The van der Waals surface area contributed by atoms with Gasteiger partial charge in [-0.05, 0) is 31.6 Å². The zero-order valence-electron chi connectivity index (χ0n) is 11.2. The number of aromatic nitrogens is 2. The Labute approximate surface area is 108 Å².